The minimum atomic E-state index is -0.745. The lowest BCUT2D eigenvalue weighted by Crippen LogP contribution is -2.42. The van der Waals surface area contributed by atoms with E-state index in [1.165, 1.54) is 0 Å². The van der Waals surface area contributed by atoms with E-state index in [9.17, 15) is 14.7 Å². The first-order valence-corrected chi connectivity index (χ1v) is 12.6. The first-order chi connectivity index (χ1) is 17.5. The molecule has 0 bridgehead atoms. The van der Waals surface area contributed by atoms with Crippen LogP contribution in [0.5, 0.6) is 11.5 Å². The van der Waals surface area contributed by atoms with E-state index in [4.69, 9.17) is 14.2 Å². The van der Waals surface area contributed by atoms with E-state index < -0.39 is 17.7 Å². The molecule has 0 aromatic heterocycles. The number of nitrogens with zero attached hydrogens (tertiary/aromatic N) is 2. The molecular weight excluding hydrogens is 460 g/mol. The SMILES string of the molecule is CCCOc1ccc(C2C(=C(O)c3ccccc3)C(=O)C(=O)N2CCN2CCOCC2)cc1OCC. The number of hydrogen-bond acceptors (Lipinski definition) is 7. The van der Waals surface area contributed by atoms with E-state index in [1.54, 1.807) is 35.2 Å². The fraction of sp³-hybridized carbons (Fsp3) is 0.429. The number of rotatable bonds is 10. The number of hydrogen-bond donors (Lipinski definition) is 1. The van der Waals surface area contributed by atoms with Gasteiger partial charge in [0.15, 0.2) is 11.5 Å². The maximum atomic E-state index is 13.3. The molecule has 2 aliphatic rings. The predicted molar refractivity (Wildman–Crippen MR) is 136 cm³/mol. The number of carbonyl (C=O) groups excluding carboxylic acids is 2. The third-order valence-corrected chi connectivity index (χ3v) is 6.39. The molecule has 0 aliphatic carbocycles. The Balaban J connectivity index is 1.75. The first kappa shape index (κ1) is 25.7. The van der Waals surface area contributed by atoms with Gasteiger partial charge in [-0.05, 0) is 31.0 Å². The molecule has 2 saturated heterocycles. The van der Waals surface area contributed by atoms with Crippen LogP contribution >= 0.6 is 0 Å². The maximum absolute atomic E-state index is 13.3. The average molecular weight is 495 g/mol. The number of amides is 1. The molecule has 0 radical (unpaired) electrons. The molecule has 1 amide bonds. The van der Waals surface area contributed by atoms with Crippen molar-refractivity contribution in [3.05, 3.63) is 65.2 Å². The number of ketones is 1. The number of carbonyl (C=O) groups is 2. The largest absolute Gasteiger partial charge is 0.507 e. The van der Waals surface area contributed by atoms with Crippen LogP contribution in [0.15, 0.2) is 54.1 Å². The number of morpholine rings is 1. The second kappa shape index (κ2) is 12.1. The van der Waals surface area contributed by atoms with Crippen LogP contribution in [-0.2, 0) is 14.3 Å². The van der Waals surface area contributed by atoms with Crippen LogP contribution in [0.4, 0.5) is 0 Å². The second-order valence-electron chi connectivity index (χ2n) is 8.80. The molecule has 1 atom stereocenters. The topological polar surface area (TPSA) is 88.5 Å². The lowest BCUT2D eigenvalue weighted by Gasteiger charge is -2.31. The Bertz CT molecular complexity index is 1090. The van der Waals surface area contributed by atoms with Crippen molar-refractivity contribution in [3.8, 4) is 11.5 Å². The summed E-state index contributed by atoms with van der Waals surface area (Å²) in [4.78, 5) is 30.3. The van der Waals surface area contributed by atoms with E-state index >= 15 is 0 Å². The molecule has 2 aliphatic heterocycles. The fourth-order valence-electron chi connectivity index (χ4n) is 4.58. The van der Waals surface area contributed by atoms with Crippen LogP contribution in [-0.4, -0.2) is 79.2 Å². The van der Waals surface area contributed by atoms with Crippen molar-refractivity contribution < 1.29 is 28.9 Å². The van der Waals surface area contributed by atoms with Crippen molar-refractivity contribution in [2.24, 2.45) is 0 Å². The monoisotopic (exact) mass is 494 g/mol. The zero-order valence-electron chi connectivity index (χ0n) is 20.9. The molecule has 0 saturated carbocycles. The summed E-state index contributed by atoms with van der Waals surface area (Å²) >= 11 is 0. The van der Waals surface area contributed by atoms with Gasteiger partial charge in [-0.2, -0.15) is 0 Å². The van der Waals surface area contributed by atoms with Gasteiger partial charge < -0.3 is 24.2 Å². The van der Waals surface area contributed by atoms with Crippen LogP contribution in [0.25, 0.3) is 5.76 Å². The Morgan fingerprint density at radius 1 is 1.00 bits per heavy atom. The van der Waals surface area contributed by atoms with E-state index in [0.29, 0.717) is 62.1 Å². The van der Waals surface area contributed by atoms with Gasteiger partial charge in [0.2, 0.25) is 0 Å². The minimum absolute atomic E-state index is 0.0813. The number of likely N-dealkylation sites (tertiary alicyclic amines) is 1. The minimum Gasteiger partial charge on any atom is -0.507 e. The summed E-state index contributed by atoms with van der Waals surface area (Å²) in [5.74, 6) is -0.336. The van der Waals surface area contributed by atoms with Gasteiger partial charge in [-0.15, -0.1) is 0 Å². The van der Waals surface area contributed by atoms with Gasteiger partial charge in [-0.1, -0.05) is 43.3 Å². The smallest absolute Gasteiger partial charge is 0.295 e. The molecule has 8 heteroatoms. The van der Waals surface area contributed by atoms with Crippen molar-refractivity contribution >= 4 is 17.4 Å². The van der Waals surface area contributed by atoms with Gasteiger partial charge in [-0.3, -0.25) is 14.5 Å². The molecule has 192 valence electrons. The van der Waals surface area contributed by atoms with Crippen LogP contribution in [0.1, 0.15) is 37.4 Å². The summed E-state index contributed by atoms with van der Waals surface area (Å²) in [5, 5.41) is 11.2. The van der Waals surface area contributed by atoms with Gasteiger partial charge in [-0.25, -0.2) is 0 Å². The summed E-state index contributed by atoms with van der Waals surface area (Å²) < 4.78 is 17.1. The summed E-state index contributed by atoms with van der Waals surface area (Å²) in [5.41, 5.74) is 1.25. The molecule has 2 aromatic rings. The van der Waals surface area contributed by atoms with Gasteiger partial charge >= 0.3 is 0 Å². The quantitative estimate of drug-likeness (QED) is 0.307. The Morgan fingerprint density at radius 2 is 1.75 bits per heavy atom. The third kappa shape index (κ3) is 5.55. The summed E-state index contributed by atoms with van der Waals surface area (Å²) in [6.45, 7) is 8.69. The first-order valence-electron chi connectivity index (χ1n) is 12.6. The van der Waals surface area contributed by atoms with Crippen LogP contribution < -0.4 is 9.47 Å². The molecule has 36 heavy (non-hydrogen) atoms. The maximum Gasteiger partial charge on any atom is 0.295 e. The predicted octanol–water partition coefficient (Wildman–Crippen LogP) is 3.63. The number of Topliss-reactive ketones (excluding diaryl/α,β-unsaturated/α-hetero) is 1. The molecule has 1 unspecified atom stereocenters. The fourth-order valence-corrected chi connectivity index (χ4v) is 4.58. The van der Waals surface area contributed by atoms with Crippen molar-refractivity contribution in [1.82, 2.24) is 9.80 Å². The highest BCUT2D eigenvalue weighted by Gasteiger charge is 2.46. The Labute approximate surface area is 212 Å². The van der Waals surface area contributed by atoms with Crippen LogP contribution in [0.3, 0.4) is 0 Å². The van der Waals surface area contributed by atoms with E-state index in [2.05, 4.69) is 4.90 Å². The second-order valence-corrected chi connectivity index (χ2v) is 8.80. The van der Waals surface area contributed by atoms with E-state index in [0.717, 1.165) is 19.5 Å². The zero-order chi connectivity index (χ0) is 25.5. The molecule has 4 rings (SSSR count). The van der Waals surface area contributed by atoms with Gasteiger partial charge in [0.25, 0.3) is 11.7 Å². The number of benzene rings is 2. The highest BCUT2D eigenvalue weighted by atomic mass is 16.5. The standard InChI is InChI=1S/C28H34N2O6/c1-3-16-36-22-11-10-21(19-23(22)35-4-2)25-24(26(31)20-8-6-5-7-9-20)27(32)28(33)30(25)13-12-29-14-17-34-18-15-29/h5-11,19,25,31H,3-4,12-18H2,1-2H3. The molecule has 2 aromatic carbocycles. The number of ether oxygens (including phenoxy) is 3. The van der Waals surface area contributed by atoms with Crippen molar-refractivity contribution in [2.45, 2.75) is 26.3 Å². The van der Waals surface area contributed by atoms with Crippen LogP contribution in [0, 0.1) is 0 Å². The van der Waals surface area contributed by atoms with Crippen LogP contribution in [0.2, 0.25) is 0 Å². The van der Waals surface area contributed by atoms with Crippen molar-refractivity contribution in [3.63, 3.8) is 0 Å². The van der Waals surface area contributed by atoms with Crippen molar-refractivity contribution in [2.75, 3.05) is 52.6 Å². The lowest BCUT2D eigenvalue weighted by atomic mass is 9.95. The summed E-state index contributed by atoms with van der Waals surface area (Å²) in [7, 11) is 0. The Kier molecular flexibility index (Phi) is 8.61. The zero-order valence-corrected chi connectivity index (χ0v) is 20.9. The highest BCUT2D eigenvalue weighted by Crippen LogP contribution is 2.42. The highest BCUT2D eigenvalue weighted by molar-refractivity contribution is 6.46. The Hall–Kier alpha value is -3.36. The van der Waals surface area contributed by atoms with E-state index in [-0.39, 0.29) is 11.3 Å². The number of aliphatic hydroxyl groups excluding tert-OH is 1. The third-order valence-electron chi connectivity index (χ3n) is 6.39. The Morgan fingerprint density at radius 3 is 2.44 bits per heavy atom. The summed E-state index contributed by atoms with van der Waals surface area (Å²) in [6, 6.07) is 13.6. The van der Waals surface area contributed by atoms with Gasteiger partial charge in [0, 0.05) is 31.7 Å². The molecule has 0 spiro atoms. The lowest BCUT2D eigenvalue weighted by molar-refractivity contribution is -0.140. The van der Waals surface area contributed by atoms with Gasteiger partial charge in [0.05, 0.1) is 38.0 Å². The average Bonchev–Trinajstić information content (AvgIpc) is 3.17. The number of aliphatic hydroxyl groups is 1. The molecule has 2 fully saturated rings. The van der Waals surface area contributed by atoms with Crippen molar-refractivity contribution in [1.29, 1.82) is 0 Å². The summed E-state index contributed by atoms with van der Waals surface area (Å²) in [6.07, 6.45) is 0.853. The molecule has 1 N–H and O–H groups in total. The molecular formula is C28H34N2O6. The van der Waals surface area contributed by atoms with Gasteiger partial charge in [0.1, 0.15) is 5.76 Å². The molecule has 8 nitrogen and oxygen atoms in total. The molecule has 2 heterocycles. The normalized spacial score (nSPS) is 20.1. The van der Waals surface area contributed by atoms with E-state index in [1.807, 2.05) is 32.0 Å².